The maximum absolute atomic E-state index is 4.50. The largest absolute Gasteiger partial charge is 0.310 e. The van der Waals surface area contributed by atoms with Crippen LogP contribution in [0.25, 0.3) is 0 Å². The number of nitrogens with one attached hydrogen (secondary N) is 1. The minimum absolute atomic E-state index is 0.334. The highest BCUT2D eigenvalue weighted by atomic mass is 14.9. The Morgan fingerprint density at radius 1 is 1.00 bits per heavy atom. The van der Waals surface area contributed by atoms with Gasteiger partial charge < -0.3 is 5.32 Å². The number of nitrogens with zero attached hydrogens (tertiary/aromatic N) is 1. The Balaban J connectivity index is 2.15. The fraction of sp³-hybridized carbons (Fsp3) is 0.353. The molecule has 2 heteroatoms. The number of aryl methyl sites for hydroxylation is 2. The Hall–Kier alpha value is -1.67. The molecule has 100 valence electrons. The summed E-state index contributed by atoms with van der Waals surface area (Å²) in [7, 11) is 0. The molecule has 0 bridgehead atoms. The number of aromatic nitrogens is 1. The van der Waals surface area contributed by atoms with Crippen LogP contribution in [0.2, 0.25) is 0 Å². The second-order valence-corrected chi connectivity index (χ2v) is 5.05. The van der Waals surface area contributed by atoms with E-state index in [-0.39, 0.29) is 0 Å². The van der Waals surface area contributed by atoms with Crippen LogP contribution < -0.4 is 5.32 Å². The quantitative estimate of drug-likeness (QED) is 0.882. The normalized spacial score (nSPS) is 12.4. The van der Waals surface area contributed by atoms with Crippen LogP contribution in [0.5, 0.6) is 0 Å². The van der Waals surface area contributed by atoms with Crippen molar-refractivity contribution in [1.29, 1.82) is 0 Å². The summed E-state index contributed by atoms with van der Waals surface area (Å²) in [4.78, 5) is 4.50. The summed E-state index contributed by atoms with van der Waals surface area (Å²) in [6.07, 6.45) is 2.87. The van der Waals surface area contributed by atoms with Crippen molar-refractivity contribution in [1.82, 2.24) is 10.3 Å². The van der Waals surface area contributed by atoms with Gasteiger partial charge in [0.25, 0.3) is 0 Å². The van der Waals surface area contributed by atoms with Crippen molar-refractivity contribution in [3.63, 3.8) is 0 Å². The standard InChI is InChI=1S/C17H22N2/c1-4-18-17(15-8-5-13(2)6-9-15)11-16-10-7-14(3)12-19-16/h5-10,12,17-18H,4,11H2,1-3H3. The molecule has 0 spiro atoms. The molecule has 1 heterocycles. The van der Waals surface area contributed by atoms with Crippen LogP contribution in [0.1, 0.15) is 35.3 Å². The Bertz CT molecular complexity index is 500. The third-order valence-electron chi connectivity index (χ3n) is 3.32. The van der Waals surface area contributed by atoms with Crippen LogP contribution >= 0.6 is 0 Å². The second-order valence-electron chi connectivity index (χ2n) is 5.05. The maximum Gasteiger partial charge on any atom is 0.0422 e. The molecule has 0 aliphatic heterocycles. The number of hydrogen-bond acceptors (Lipinski definition) is 2. The van der Waals surface area contributed by atoms with E-state index >= 15 is 0 Å². The van der Waals surface area contributed by atoms with Gasteiger partial charge in [-0.1, -0.05) is 42.8 Å². The first-order chi connectivity index (χ1) is 9.19. The summed E-state index contributed by atoms with van der Waals surface area (Å²) in [5.74, 6) is 0. The summed E-state index contributed by atoms with van der Waals surface area (Å²) in [5, 5.41) is 3.54. The van der Waals surface area contributed by atoms with Crippen molar-refractivity contribution in [2.24, 2.45) is 0 Å². The molecule has 1 aromatic heterocycles. The third kappa shape index (κ3) is 3.90. The van der Waals surface area contributed by atoms with Crippen molar-refractivity contribution in [3.8, 4) is 0 Å². The zero-order valence-electron chi connectivity index (χ0n) is 12.0. The first-order valence-corrected chi connectivity index (χ1v) is 6.90. The smallest absolute Gasteiger partial charge is 0.0422 e. The molecule has 0 aliphatic rings. The van der Waals surface area contributed by atoms with Crippen molar-refractivity contribution >= 4 is 0 Å². The topological polar surface area (TPSA) is 24.9 Å². The van der Waals surface area contributed by atoms with Crippen molar-refractivity contribution in [2.75, 3.05) is 6.54 Å². The monoisotopic (exact) mass is 254 g/mol. The summed E-state index contributed by atoms with van der Waals surface area (Å²) in [6.45, 7) is 7.29. The lowest BCUT2D eigenvalue weighted by Gasteiger charge is -2.18. The zero-order chi connectivity index (χ0) is 13.7. The minimum Gasteiger partial charge on any atom is -0.310 e. The van der Waals surface area contributed by atoms with Gasteiger partial charge in [-0.2, -0.15) is 0 Å². The van der Waals surface area contributed by atoms with Crippen molar-refractivity contribution in [3.05, 3.63) is 65.0 Å². The van der Waals surface area contributed by atoms with Crippen LogP contribution in [0.15, 0.2) is 42.6 Å². The van der Waals surface area contributed by atoms with Gasteiger partial charge in [0, 0.05) is 24.4 Å². The van der Waals surface area contributed by atoms with E-state index < -0.39 is 0 Å². The van der Waals surface area contributed by atoms with Crippen LogP contribution in [-0.4, -0.2) is 11.5 Å². The first-order valence-electron chi connectivity index (χ1n) is 6.90. The molecule has 0 saturated heterocycles. The van der Waals surface area contributed by atoms with Gasteiger partial charge in [-0.15, -0.1) is 0 Å². The van der Waals surface area contributed by atoms with Crippen molar-refractivity contribution < 1.29 is 0 Å². The van der Waals surface area contributed by atoms with Gasteiger partial charge in [0.05, 0.1) is 0 Å². The van der Waals surface area contributed by atoms with Gasteiger partial charge >= 0.3 is 0 Å². The molecule has 19 heavy (non-hydrogen) atoms. The Kier molecular flexibility index (Phi) is 4.69. The van der Waals surface area contributed by atoms with E-state index in [1.807, 2.05) is 6.20 Å². The molecule has 0 radical (unpaired) electrons. The lowest BCUT2D eigenvalue weighted by molar-refractivity contribution is 0.544. The zero-order valence-corrected chi connectivity index (χ0v) is 12.0. The molecule has 2 nitrogen and oxygen atoms in total. The van der Waals surface area contributed by atoms with Crippen LogP contribution in [0, 0.1) is 13.8 Å². The molecule has 2 rings (SSSR count). The van der Waals surface area contributed by atoms with Crippen LogP contribution in [0.3, 0.4) is 0 Å². The Labute approximate surface area is 115 Å². The lowest BCUT2D eigenvalue weighted by Crippen LogP contribution is -2.23. The maximum atomic E-state index is 4.50. The molecule has 0 fully saturated rings. The highest BCUT2D eigenvalue weighted by molar-refractivity contribution is 5.25. The fourth-order valence-corrected chi connectivity index (χ4v) is 2.18. The van der Waals surface area contributed by atoms with Gasteiger partial charge in [0.2, 0.25) is 0 Å². The highest BCUT2D eigenvalue weighted by Gasteiger charge is 2.11. The molecule has 0 saturated carbocycles. The van der Waals surface area contributed by atoms with E-state index in [4.69, 9.17) is 0 Å². The Morgan fingerprint density at radius 2 is 1.68 bits per heavy atom. The summed E-state index contributed by atoms with van der Waals surface area (Å²) in [5.41, 5.74) is 4.97. The van der Waals surface area contributed by atoms with E-state index in [1.165, 1.54) is 16.7 Å². The van der Waals surface area contributed by atoms with E-state index in [1.54, 1.807) is 0 Å². The van der Waals surface area contributed by atoms with E-state index in [9.17, 15) is 0 Å². The Morgan fingerprint density at radius 3 is 2.26 bits per heavy atom. The summed E-state index contributed by atoms with van der Waals surface area (Å²) in [6, 6.07) is 13.3. The van der Waals surface area contributed by atoms with E-state index in [0.29, 0.717) is 6.04 Å². The molecule has 2 aromatic rings. The fourth-order valence-electron chi connectivity index (χ4n) is 2.18. The summed E-state index contributed by atoms with van der Waals surface area (Å²) < 4.78 is 0. The number of benzene rings is 1. The first kappa shape index (κ1) is 13.8. The van der Waals surface area contributed by atoms with E-state index in [0.717, 1.165) is 18.7 Å². The molecule has 1 aromatic carbocycles. The number of likely N-dealkylation sites (N-methyl/N-ethyl adjacent to an activating group) is 1. The van der Waals surface area contributed by atoms with Gasteiger partial charge in [-0.25, -0.2) is 0 Å². The molecular formula is C17H22N2. The van der Waals surface area contributed by atoms with Gasteiger partial charge in [-0.3, -0.25) is 4.98 Å². The predicted octanol–water partition coefficient (Wildman–Crippen LogP) is 3.59. The summed E-state index contributed by atoms with van der Waals surface area (Å²) >= 11 is 0. The lowest BCUT2D eigenvalue weighted by atomic mass is 10.0. The van der Waals surface area contributed by atoms with Crippen LogP contribution in [-0.2, 0) is 6.42 Å². The van der Waals surface area contributed by atoms with Gasteiger partial charge in [0.15, 0.2) is 0 Å². The average molecular weight is 254 g/mol. The van der Waals surface area contributed by atoms with Crippen molar-refractivity contribution in [2.45, 2.75) is 33.2 Å². The number of rotatable bonds is 5. The number of pyridine rings is 1. The highest BCUT2D eigenvalue weighted by Crippen LogP contribution is 2.18. The molecule has 1 unspecified atom stereocenters. The average Bonchev–Trinajstić information content (AvgIpc) is 2.42. The number of hydrogen-bond donors (Lipinski definition) is 1. The second kappa shape index (κ2) is 6.48. The molecule has 1 atom stereocenters. The predicted molar refractivity (Wildman–Crippen MR) is 80.3 cm³/mol. The molecule has 1 N–H and O–H groups in total. The molecular weight excluding hydrogens is 232 g/mol. The van der Waals surface area contributed by atoms with Gasteiger partial charge in [-0.05, 0) is 37.6 Å². The van der Waals surface area contributed by atoms with E-state index in [2.05, 4.69) is 67.5 Å². The molecule has 0 amide bonds. The SMILES string of the molecule is CCNC(Cc1ccc(C)cn1)c1ccc(C)cc1. The molecule has 0 aliphatic carbocycles. The van der Waals surface area contributed by atoms with Crippen LogP contribution in [0.4, 0.5) is 0 Å². The minimum atomic E-state index is 0.334. The van der Waals surface area contributed by atoms with Gasteiger partial charge in [0.1, 0.15) is 0 Å². The third-order valence-corrected chi connectivity index (χ3v) is 3.32.